The van der Waals surface area contributed by atoms with E-state index in [1.54, 1.807) is 20.3 Å². The predicted octanol–water partition coefficient (Wildman–Crippen LogP) is 3.51. The lowest BCUT2D eigenvalue weighted by molar-refractivity contribution is 0.358. The number of hydrogen-bond acceptors (Lipinski definition) is 2. The second-order valence-corrected chi connectivity index (χ2v) is 3.55. The molecule has 2 nitrogen and oxygen atoms in total. The molecule has 3 heteroatoms. The third-order valence-corrected chi connectivity index (χ3v) is 2.65. The number of halogens is 1. The first-order valence-corrected chi connectivity index (χ1v) is 4.95. The van der Waals surface area contributed by atoms with Crippen molar-refractivity contribution in [3.63, 3.8) is 0 Å². The molecule has 2 aromatic carbocycles. The van der Waals surface area contributed by atoms with Crippen molar-refractivity contribution < 1.29 is 9.47 Å². The zero-order valence-electron chi connectivity index (χ0n) is 8.58. The first-order chi connectivity index (χ1) is 7.27. The maximum atomic E-state index is 6.13. The Balaban J connectivity index is 2.85. The van der Waals surface area contributed by atoms with Crippen molar-refractivity contribution in [1.29, 1.82) is 0 Å². The van der Waals surface area contributed by atoms with Gasteiger partial charge in [-0.25, -0.2) is 0 Å². The van der Waals surface area contributed by atoms with Crippen LogP contribution in [-0.2, 0) is 0 Å². The van der Waals surface area contributed by atoms with Gasteiger partial charge in [0.25, 0.3) is 0 Å². The molecule has 0 radical (unpaired) electrons. The second-order valence-electron chi connectivity index (χ2n) is 3.14. The fraction of sp³-hybridized carbons (Fsp3) is 0.167. The SMILES string of the molecule is COc1cc(Cl)c2ccccc2c1OC. The molecule has 0 aliphatic carbocycles. The number of rotatable bonds is 2. The van der Waals surface area contributed by atoms with E-state index in [-0.39, 0.29) is 0 Å². The summed E-state index contributed by atoms with van der Waals surface area (Å²) >= 11 is 6.13. The first kappa shape index (κ1) is 10.1. The van der Waals surface area contributed by atoms with Gasteiger partial charge in [-0.05, 0) is 0 Å². The van der Waals surface area contributed by atoms with E-state index in [0.29, 0.717) is 10.8 Å². The summed E-state index contributed by atoms with van der Waals surface area (Å²) in [5.41, 5.74) is 0. The summed E-state index contributed by atoms with van der Waals surface area (Å²) in [6, 6.07) is 9.58. The molecule has 0 atom stereocenters. The molecule has 0 aromatic heterocycles. The zero-order valence-corrected chi connectivity index (χ0v) is 9.34. The molecule has 0 aliphatic rings. The molecule has 0 heterocycles. The molecular formula is C12H11ClO2. The van der Waals surface area contributed by atoms with Crippen LogP contribution in [0.4, 0.5) is 0 Å². The van der Waals surface area contributed by atoms with Gasteiger partial charge < -0.3 is 9.47 Å². The van der Waals surface area contributed by atoms with Gasteiger partial charge in [0.05, 0.1) is 19.2 Å². The van der Waals surface area contributed by atoms with Crippen LogP contribution in [-0.4, -0.2) is 14.2 Å². The van der Waals surface area contributed by atoms with E-state index in [1.807, 2.05) is 24.3 Å². The topological polar surface area (TPSA) is 18.5 Å². The summed E-state index contributed by atoms with van der Waals surface area (Å²) in [5.74, 6) is 1.37. The van der Waals surface area contributed by atoms with Crippen molar-refractivity contribution in [3.05, 3.63) is 35.4 Å². The third kappa shape index (κ3) is 1.61. The van der Waals surface area contributed by atoms with E-state index in [2.05, 4.69) is 0 Å². The second kappa shape index (κ2) is 3.99. The largest absolute Gasteiger partial charge is 0.493 e. The van der Waals surface area contributed by atoms with Crippen LogP contribution in [0, 0.1) is 0 Å². The van der Waals surface area contributed by atoms with E-state index >= 15 is 0 Å². The average Bonchev–Trinajstić information content (AvgIpc) is 2.29. The Morgan fingerprint density at radius 2 is 1.67 bits per heavy atom. The lowest BCUT2D eigenvalue weighted by Gasteiger charge is -2.11. The van der Waals surface area contributed by atoms with Crippen LogP contribution < -0.4 is 9.47 Å². The van der Waals surface area contributed by atoms with Gasteiger partial charge in [0, 0.05) is 16.8 Å². The molecule has 15 heavy (non-hydrogen) atoms. The molecule has 0 aliphatic heterocycles. The van der Waals surface area contributed by atoms with Gasteiger partial charge >= 0.3 is 0 Å². The fourth-order valence-electron chi connectivity index (χ4n) is 1.64. The van der Waals surface area contributed by atoms with Gasteiger partial charge in [-0.1, -0.05) is 35.9 Å². The lowest BCUT2D eigenvalue weighted by Crippen LogP contribution is -1.91. The van der Waals surface area contributed by atoms with Gasteiger partial charge in [-0.3, -0.25) is 0 Å². The highest BCUT2D eigenvalue weighted by Crippen LogP contribution is 2.39. The third-order valence-electron chi connectivity index (χ3n) is 2.33. The summed E-state index contributed by atoms with van der Waals surface area (Å²) in [6.07, 6.45) is 0. The number of methoxy groups -OCH3 is 2. The number of ether oxygens (including phenoxy) is 2. The molecular weight excluding hydrogens is 212 g/mol. The smallest absolute Gasteiger partial charge is 0.168 e. The zero-order chi connectivity index (χ0) is 10.8. The summed E-state index contributed by atoms with van der Waals surface area (Å²) in [6.45, 7) is 0. The van der Waals surface area contributed by atoms with Gasteiger partial charge in [0.1, 0.15) is 0 Å². The fourth-order valence-corrected chi connectivity index (χ4v) is 1.91. The Labute approximate surface area is 93.4 Å². The normalized spacial score (nSPS) is 10.3. The lowest BCUT2D eigenvalue weighted by atomic mass is 10.1. The Morgan fingerprint density at radius 1 is 1.00 bits per heavy atom. The van der Waals surface area contributed by atoms with Crippen LogP contribution >= 0.6 is 11.6 Å². The van der Waals surface area contributed by atoms with E-state index in [4.69, 9.17) is 21.1 Å². The standard InChI is InChI=1S/C12H11ClO2/c1-14-11-7-10(13)8-5-3-4-6-9(8)12(11)15-2/h3-7H,1-2H3. The molecule has 0 saturated heterocycles. The Morgan fingerprint density at radius 3 is 2.27 bits per heavy atom. The molecule has 0 saturated carbocycles. The molecule has 78 valence electrons. The monoisotopic (exact) mass is 222 g/mol. The Kier molecular flexibility index (Phi) is 2.69. The van der Waals surface area contributed by atoms with E-state index in [0.717, 1.165) is 16.5 Å². The quantitative estimate of drug-likeness (QED) is 0.774. The minimum atomic E-state index is 0.654. The number of hydrogen-bond donors (Lipinski definition) is 0. The maximum Gasteiger partial charge on any atom is 0.168 e. The van der Waals surface area contributed by atoms with Crippen molar-refractivity contribution in [2.45, 2.75) is 0 Å². The first-order valence-electron chi connectivity index (χ1n) is 4.57. The minimum Gasteiger partial charge on any atom is -0.493 e. The summed E-state index contributed by atoms with van der Waals surface area (Å²) in [5, 5.41) is 2.60. The van der Waals surface area contributed by atoms with Gasteiger partial charge in [-0.2, -0.15) is 0 Å². The minimum absolute atomic E-state index is 0.654. The molecule has 0 amide bonds. The average molecular weight is 223 g/mol. The van der Waals surface area contributed by atoms with E-state index in [9.17, 15) is 0 Å². The molecule has 0 fully saturated rings. The van der Waals surface area contributed by atoms with Crippen molar-refractivity contribution >= 4 is 22.4 Å². The molecule has 0 unspecified atom stereocenters. The molecule has 0 spiro atoms. The van der Waals surface area contributed by atoms with Crippen LogP contribution in [0.1, 0.15) is 0 Å². The van der Waals surface area contributed by atoms with Gasteiger partial charge in [0.15, 0.2) is 11.5 Å². The van der Waals surface area contributed by atoms with Crippen LogP contribution in [0.25, 0.3) is 10.8 Å². The Bertz CT molecular complexity index is 494. The highest BCUT2D eigenvalue weighted by Gasteiger charge is 2.11. The summed E-state index contributed by atoms with van der Waals surface area (Å²) in [4.78, 5) is 0. The van der Waals surface area contributed by atoms with Gasteiger partial charge in [-0.15, -0.1) is 0 Å². The van der Waals surface area contributed by atoms with Crippen molar-refractivity contribution in [1.82, 2.24) is 0 Å². The van der Waals surface area contributed by atoms with Crippen LogP contribution in [0.2, 0.25) is 5.02 Å². The molecule has 0 N–H and O–H groups in total. The highest BCUT2D eigenvalue weighted by atomic mass is 35.5. The van der Waals surface area contributed by atoms with Crippen LogP contribution in [0.5, 0.6) is 11.5 Å². The molecule has 2 rings (SSSR count). The number of fused-ring (bicyclic) bond motifs is 1. The van der Waals surface area contributed by atoms with Crippen molar-refractivity contribution in [3.8, 4) is 11.5 Å². The number of benzene rings is 2. The Hall–Kier alpha value is -1.41. The van der Waals surface area contributed by atoms with E-state index < -0.39 is 0 Å². The molecule has 0 bridgehead atoms. The van der Waals surface area contributed by atoms with E-state index in [1.165, 1.54) is 0 Å². The van der Waals surface area contributed by atoms with Crippen molar-refractivity contribution in [2.24, 2.45) is 0 Å². The summed E-state index contributed by atoms with van der Waals surface area (Å²) < 4.78 is 10.5. The van der Waals surface area contributed by atoms with Crippen LogP contribution in [0.15, 0.2) is 30.3 Å². The summed E-state index contributed by atoms with van der Waals surface area (Å²) in [7, 11) is 3.22. The molecule has 2 aromatic rings. The van der Waals surface area contributed by atoms with Crippen LogP contribution in [0.3, 0.4) is 0 Å². The predicted molar refractivity (Wildman–Crippen MR) is 62.1 cm³/mol. The van der Waals surface area contributed by atoms with Crippen molar-refractivity contribution in [2.75, 3.05) is 14.2 Å². The highest BCUT2D eigenvalue weighted by molar-refractivity contribution is 6.36. The van der Waals surface area contributed by atoms with Gasteiger partial charge in [0.2, 0.25) is 0 Å². The maximum absolute atomic E-state index is 6.13.